The molecule has 1 saturated heterocycles. The lowest BCUT2D eigenvalue weighted by Gasteiger charge is -2.32. The first-order chi connectivity index (χ1) is 10.3. The summed E-state index contributed by atoms with van der Waals surface area (Å²) in [5.41, 5.74) is 0.302. The average Bonchev–Trinajstić information content (AvgIpc) is 2.98. The molecule has 3 unspecified atom stereocenters. The second kappa shape index (κ2) is 4.84. The third-order valence-corrected chi connectivity index (χ3v) is 6.25. The van der Waals surface area contributed by atoms with Crippen molar-refractivity contribution >= 4 is 12.7 Å². The molecular formula is C17H27BN2O2. The van der Waals surface area contributed by atoms with E-state index in [1.54, 1.807) is 0 Å². The van der Waals surface area contributed by atoms with Gasteiger partial charge in [0.25, 0.3) is 0 Å². The zero-order chi connectivity index (χ0) is 15.5. The van der Waals surface area contributed by atoms with Crippen LogP contribution in [0.15, 0.2) is 12.3 Å². The van der Waals surface area contributed by atoms with Crippen molar-refractivity contribution in [2.45, 2.75) is 71.1 Å². The molecule has 3 aliphatic rings. The van der Waals surface area contributed by atoms with Crippen molar-refractivity contribution in [3.8, 4) is 0 Å². The van der Waals surface area contributed by atoms with Gasteiger partial charge in [-0.2, -0.15) is 5.10 Å². The van der Waals surface area contributed by atoms with Gasteiger partial charge in [0, 0.05) is 12.7 Å². The van der Waals surface area contributed by atoms with E-state index in [4.69, 9.17) is 14.4 Å². The summed E-state index contributed by atoms with van der Waals surface area (Å²) in [4.78, 5) is 0. The van der Waals surface area contributed by atoms with Gasteiger partial charge in [0.1, 0.15) is 0 Å². The van der Waals surface area contributed by atoms with Gasteiger partial charge in [-0.3, -0.25) is 4.68 Å². The SMILES string of the molecule is CC1(C)OB(c2ccn(CC3CCC4CC4C3)n2)OC1(C)C. The minimum Gasteiger partial charge on any atom is -0.398 e. The van der Waals surface area contributed by atoms with Crippen LogP contribution in [0, 0.1) is 17.8 Å². The molecule has 4 rings (SSSR count). The van der Waals surface area contributed by atoms with E-state index in [-0.39, 0.29) is 18.3 Å². The third kappa shape index (κ3) is 2.52. The zero-order valence-corrected chi connectivity index (χ0v) is 14.2. The Kier molecular flexibility index (Phi) is 3.25. The van der Waals surface area contributed by atoms with E-state index in [1.807, 2.05) is 6.07 Å². The normalized spacial score (nSPS) is 35.5. The van der Waals surface area contributed by atoms with Gasteiger partial charge in [-0.25, -0.2) is 0 Å². The quantitative estimate of drug-likeness (QED) is 0.805. The van der Waals surface area contributed by atoms with Crippen molar-refractivity contribution in [2.24, 2.45) is 17.8 Å². The van der Waals surface area contributed by atoms with Gasteiger partial charge in [-0.15, -0.1) is 0 Å². The van der Waals surface area contributed by atoms with E-state index in [1.165, 1.54) is 25.7 Å². The molecule has 4 nitrogen and oxygen atoms in total. The van der Waals surface area contributed by atoms with Crippen molar-refractivity contribution in [3.63, 3.8) is 0 Å². The Morgan fingerprint density at radius 3 is 2.55 bits per heavy atom. The second-order valence-corrected chi connectivity index (χ2v) is 8.49. The van der Waals surface area contributed by atoms with Crippen molar-refractivity contribution in [3.05, 3.63) is 12.3 Å². The van der Waals surface area contributed by atoms with E-state index in [9.17, 15) is 0 Å². The molecular weight excluding hydrogens is 275 g/mol. The highest BCUT2D eigenvalue weighted by molar-refractivity contribution is 6.61. The average molecular weight is 302 g/mol. The Balaban J connectivity index is 1.41. The van der Waals surface area contributed by atoms with Crippen LogP contribution < -0.4 is 5.59 Å². The summed E-state index contributed by atoms with van der Waals surface area (Å²) < 4.78 is 14.2. The number of fused-ring (bicyclic) bond motifs is 1. The first kappa shape index (κ1) is 14.8. The summed E-state index contributed by atoms with van der Waals surface area (Å²) >= 11 is 0. The zero-order valence-electron chi connectivity index (χ0n) is 14.2. The van der Waals surface area contributed by atoms with E-state index < -0.39 is 0 Å². The van der Waals surface area contributed by atoms with Crippen LogP contribution in [-0.2, 0) is 15.9 Å². The van der Waals surface area contributed by atoms with Crippen molar-refractivity contribution in [1.82, 2.24) is 9.78 Å². The molecule has 2 heterocycles. The molecule has 2 saturated carbocycles. The fraction of sp³-hybridized carbons (Fsp3) is 0.824. The van der Waals surface area contributed by atoms with Crippen molar-refractivity contribution < 1.29 is 9.31 Å². The van der Waals surface area contributed by atoms with Crippen LogP contribution in [-0.4, -0.2) is 28.1 Å². The molecule has 5 heteroatoms. The maximum atomic E-state index is 6.08. The molecule has 3 fully saturated rings. The van der Waals surface area contributed by atoms with Crippen LogP contribution in [0.25, 0.3) is 0 Å². The maximum absolute atomic E-state index is 6.08. The number of nitrogens with zero attached hydrogens (tertiary/aromatic N) is 2. The van der Waals surface area contributed by atoms with Crippen LogP contribution >= 0.6 is 0 Å². The largest absolute Gasteiger partial charge is 0.516 e. The Hall–Kier alpha value is -0.805. The molecule has 1 aromatic rings. The van der Waals surface area contributed by atoms with Gasteiger partial charge in [0.05, 0.1) is 16.8 Å². The number of hydrogen-bond donors (Lipinski definition) is 0. The molecule has 0 radical (unpaired) electrons. The number of hydrogen-bond acceptors (Lipinski definition) is 3. The van der Waals surface area contributed by atoms with Gasteiger partial charge < -0.3 is 9.31 Å². The Bertz CT molecular complexity index is 553. The van der Waals surface area contributed by atoms with Crippen LogP contribution in [0.2, 0.25) is 0 Å². The third-order valence-electron chi connectivity index (χ3n) is 6.25. The molecule has 0 amide bonds. The first-order valence-corrected chi connectivity index (χ1v) is 8.73. The Morgan fingerprint density at radius 2 is 1.86 bits per heavy atom. The highest BCUT2D eigenvalue weighted by Gasteiger charge is 2.52. The Labute approximate surface area is 133 Å². The predicted octanol–water partition coefficient (Wildman–Crippen LogP) is 2.62. The highest BCUT2D eigenvalue weighted by Crippen LogP contribution is 2.51. The topological polar surface area (TPSA) is 36.3 Å². The summed E-state index contributed by atoms with van der Waals surface area (Å²) in [5.74, 6) is 2.89. The molecule has 0 N–H and O–H groups in total. The van der Waals surface area contributed by atoms with E-state index in [2.05, 4.69) is 38.6 Å². The number of aromatic nitrogens is 2. The minimum absolute atomic E-state index is 0.300. The van der Waals surface area contributed by atoms with Crippen molar-refractivity contribution in [1.29, 1.82) is 0 Å². The van der Waals surface area contributed by atoms with E-state index >= 15 is 0 Å². The predicted molar refractivity (Wildman–Crippen MR) is 86.9 cm³/mol. The highest BCUT2D eigenvalue weighted by atomic mass is 16.7. The fourth-order valence-electron chi connectivity index (χ4n) is 3.95. The Morgan fingerprint density at radius 1 is 1.14 bits per heavy atom. The molecule has 0 spiro atoms. The standard InChI is InChI=1S/C17H27BN2O2/c1-16(2)17(3,4)22-18(21-16)15-7-8-20(19-15)11-12-5-6-13-10-14(13)9-12/h7-8,12-14H,5-6,9-11H2,1-4H3. The smallest absolute Gasteiger partial charge is 0.398 e. The van der Waals surface area contributed by atoms with Gasteiger partial charge in [-0.1, -0.05) is 0 Å². The first-order valence-electron chi connectivity index (χ1n) is 8.73. The molecule has 1 aliphatic heterocycles. The lowest BCUT2D eigenvalue weighted by Crippen LogP contribution is -2.41. The lowest BCUT2D eigenvalue weighted by molar-refractivity contribution is 0.00578. The fourth-order valence-corrected chi connectivity index (χ4v) is 3.95. The molecule has 1 aromatic heterocycles. The van der Waals surface area contributed by atoms with Gasteiger partial charge in [0.2, 0.25) is 0 Å². The van der Waals surface area contributed by atoms with Crippen molar-refractivity contribution in [2.75, 3.05) is 0 Å². The summed E-state index contributed by atoms with van der Waals surface area (Å²) in [6.07, 6.45) is 7.76. The summed E-state index contributed by atoms with van der Waals surface area (Å²) in [6, 6.07) is 2.05. The van der Waals surface area contributed by atoms with Gasteiger partial charge >= 0.3 is 7.12 Å². The van der Waals surface area contributed by atoms with Crippen LogP contribution in [0.5, 0.6) is 0 Å². The number of rotatable bonds is 3. The monoisotopic (exact) mass is 302 g/mol. The van der Waals surface area contributed by atoms with Crippen LogP contribution in [0.4, 0.5) is 0 Å². The molecule has 3 atom stereocenters. The molecule has 22 heavy (non-hydrogen) atoms. The molecule has 0 bridgehead atoms. The summed E-state index contributed by atoms with van der Waals surface area (Å²) in [5, 5.41) is 4.72. The minimum atomic E-state index is -0.342. The summed E-state index contributed by atoms with van der Waals surface area (Å²) in [6.45, 7) is 9.37. The lowest BCUT2D eigenvalue weighted by atomic mass is 9.85. The van der Waals surface area contributed by atoms with Gasteiger partial charge in [-0.05, 0) is 77.2 Å². The van der Waals surface area contributed by atoms with E-state index in [0.29, 0.717) is 0 Å². The molecule has 120 valence electrons. The van der Waals surface area contributed by atoms with Gasteiger partial charge in [0.15, 0.2) is 0 Å². The molecule has 0 aromatic carbocycles. The maximum Gasteiger partial charge on any atom is 0.516 e. The van der Waals surface area contributed by atoms with Crippen LogP contribution in [0.3, 0.4) is 0 Å². The van der Waals surface area contributed by atoms with E-state index in [0.717, 1.165) is 29.9 Å². The van der Waals surface area contributed by atoms with Crippen LogP contribution in [0.1, 0.15) is 53.4 Å². The second-order valence-electron chi connectivity index (χ2n) is 8.49. The molecule has 2 aliphatic carbocycles. The summed E-state index contributed by atoms with van der Waals surface area (Å²) in [7, 11) is -0.342.